The van der Waals surface area contributed by atoms with E-state index in [2.05, 4.69) is 0 Å². The number of amides is 3. The SMILES string of the molecule is COCC[C@H]1CCCCN1C(=O)C[C@]1(c2ccccc2)CC(=O)N(Cc2cccs2)C1=O. The van der Waals surface area contributed by atoms with Crippen molar-refractivity contribution in [1.82, 2.24) is 9.80 Å². The molecule has 0 bridgehead atoms. The summed E-state index contributed by atoms with van der Waals surface area (Å²) in [6.07, 6.45) is 3.84. The minimum atomic E-state index is -1.14. The average molecular weight is 455 g/mol. The van der Waals surface area contributed by atoms with E-state index in [1.807, 2.05) is 52.7 Å². The maximum Gasteiger partial charge on any atom is 0.241 e. The van der Waals surface area contributed by atoms with Crippen LogP contribution in [0.2, 0.25) is 0 Å². The maximum absolute atomic E-state index is 13.8. The van der Waals surface area contributed by atoms with Gasteiger partial charge in [0.2, 0.25) is 17.7 Å². The first-order valence-corrected chi connectivity index (χ1v) is 12.1. The molecule has 32 heavy (non-hydrogen) atoms. The van der Waals surface area contributed by atoms with E-state index in [1.165, 1.54) is 16.2 Å². The van der Waals surface area contributed by atoms with Crippen molar-refractivity contribution in [3.63, 3.8) is 0 Å². The van der Waals surface area contributed by atoms with Crippen LogP contribution in [0.15, 0.2) is 47.8 Å². The molecule has 0 saturated carbocycles. The van der Waals surface area contributed by atoms with Gasteiger partial charge < -0.3 is 9.64 Å². The molecule has 2 atom stereocenters. The first kappa shape index (κ1) is 22.7. The van der Waals surface area contributed by atoms with Gasteiger partial charge in [-0.1, -0.05) is 36.4 Å². The van der Waals surface area contributed by atoms with Crippen LogP contribution in [0, 0.1) is 0 Å². The monoisotopic (exact) mass is 454 g/mol. The predicted octanol–water partition coefficient (Wildman–Crippen LogP) is 3.75. The number of hydrogen-bond donors (Lipinski definition) is 0. The van der Waals surface area contributed by atoms with Gasteiger partial charge in [-0.05, 0) is 42.7 Å². The first-order chi connectivity index (χ1) is 15.5. The first-order valence-electron chi connectivity index (χ1n) is 11.3. The zero-order valence-corrected chi connectivity index (χ0v) is 19.3. The fourth-order valence-corrected chi connectivity index (χ4v) is 5.68. The molecular weight excluding hydrogens is 424 g/mol. The van der Waals surface area contributed by atoms with Gasteiger partial charge in [-0.15, -0.1) is 11.3 Å². The summed E-state index contributed by atoms with van der Waals surface area (Å²) >= 11 is 1.52. The third-order valence-electron chi connectivity index (χ3n) is 6.68. The predicted molar refractivity (Wildman–Crippen MR) is 123 cm³/mol. The van der Waals surface area contributed by atoms with Gasteiger partial charge in [-0.2, -0.15) is 0 Å². The van der Waals surface area contributed by atoms with Gasteiger partial charge in [-0.3, -0.25) is 19.3 Å². The number of thiophene rings is 1. The van der Waals surface area contributed by atoms with Gasteiger partial charge in [-0.25, -0.2) is 0 Å². The van der Waals surface area contributed by atoms with Gasteiger partial charge in [0.25, 0.3) is 0 Å². The number of nitrogens with zero attached hydrogens (tertiary/aromatic N) is 2. The molecule has 2 aromatic rings. The van der Waals surface area contributed by atoms with E-state index in [1.54, 1.807) is 7.11 Å². The summed E-state index contributed by atoms with van der Waals surface area (Å²) in [5, 5.41) is 1.94. The molecule has 1 aromatic carbocycles. The van der Waals surface area contributed by atoms with Crippen molar-refractivity contribution in [2.75, 3.05) is 20.3 Å². The number of methoxy groups -OCH3 is 1. The summed E-state index contributed by atoms with van der Waals surface area (Å²) in [5.74, 6) is -0.524. The lowest BCUT2D eigenvalue weighted by atomic mass is 9.75. The van der Waals surface area contributed by atoms with E-state index in [4.69, 9.17) is 4.74 Å². The number of rotatable bonds is 8. The van der Waals surface area contributed by atoms with Crippen LogP contribution in [-0.4, -0.2) is 53.8 Å². The van der Waals surface area contributed by atoms with Gasteiger partial charge in [0.1, 0.15) is 0 Å². The summed E-state index contributed by atoms with van der Waals surface area (Å²) in [6.45, 7) is 1.56. The number of ether oxygens (including phenoxy) is 1. The zero-order valence-electron chi connectivity index (χ0n) is 18.5. The van der Waals surface area contributed by atoms with E-state index in [0.29, 0.717) is 13.2 Å². The molecule has 0 N–H and O–H groups in total. The van der Waals surface area contributed by atoms with Crippen LogP contribution < -0.4 is 0 Å². The standard InChI is InChI=1S/C25H30N2O4S/c1-31-14-12-20-10-5-6-13-26(20)22(28)16-25(19-8-3-2-4-9-19)17-23(29)27(24(25)30)18-21-11-7-15-32-21/h2-4,7-9,11,15,20H,5-6,10,12-14,16-18H2,1H3/t20-,25-/m1/s1. The van der Waals surface area contributed by atoms with Gasteiger partial charge >= 0.3 is 0 Å². The molecule has 1 aromatic heterocycles. The molecule has 0 unspecified atom stereocenters. The molecule has 4 rings (SSSR count). The lowest BCUT2D eigenvalue weighted by molar-refractivity contribution is -0.144. The lowest BCUT2D eigenvalue weighted by Gasteiger charge is -2.38. The molecule has 2 aliphatic heterocycles. The summed E-state index contributed by atoms with van der Waals surface area (Å²) < 4.78 is 5.25. The highest BCUT2D eigenvalue weighted by Crippen LogP contribution is 2.41. The van der Waals surface area contributed by atoms with Crippen LogP contribution in [-0.2, 0) is 31.1 Å². The largest absolute Gasteiger partial charge is 0.385 e. The third-order valence-corrected chi connectivity index (χ3v) is 7.55. The normalized spacial score (nSPS) is 23.7. The second-order valence-corrected chi connectivity index (χ2v) is 9.72. The summed E-state index contributed by atoms with van der Waals surface area (Å²) in [6, 6.07) is 13.3. The molecule has 2 saturated heterocycles. The molecule has 0 spiro atoms. The van der Waals surface area contributed by atoms with Crippen molar-refractivity contribution in [3.05, 3.63) is 58.3 Å². The molecule has 6 nitrogen and oxygen atoms in total. The molecule has 3 amide bonds. The van der Waals surface area contributed by atoms with Crippen LogP contribution in [0.5, 0.6) is 0 Å². The Morgan fingerprint density at radius 1 is 1.16 bits per heavy atom. The third kappa shape index (κ3) is 4.50. The van der Waals surface area contributed by atoms with E-state index in [-0.39, 0.29) is 43.1 Å². The van der Waals surface area contributed by atoms with E-state index >= 15 is 0 Å². The van der Waals surface area contributed by atoms with E-state index in [0.717, 1.165) is 36.1 Å². The molecule has 170 valence electrons. The number of benzene rings is 1. The van der Waals surface area contributed by atoms with Crippen molar-refractivity contribution in [2.45, 2.75) is 56.5 Å². The van der Waals surface area contributed by atoms with E-state index < -0.39 is 5.41 Å². The average Bonchev–Trinajstić information content (AvgIpc) is 3.41. The quantitative estimate of drug-likeness (QED) is 0.570. The minimum absolute atomic E-state index is 0.0199. The number of hydrogen-bond acceptors (Lipinski definition) is 5. The Balaban J connectivity index is 1.62. The maximum atomic E-state index is 13.8. The van der Waals surface area contributed by atoms with E-state index in [9.17, 15) is 14.4 Å². The van der Waals surface area contributed by atoms with Gasteiger partial charge in [0.05, 0.1) is 12.0 Å². The Morgan fingerprint density at radius 2 is 1.97 bits per heavy atom. The molecular formula is C25H30N2O4S. The topological polar surface area (TPSA) is 66.9 Å². The molecule has 2 fully saturated rings. The molecule has 0 aliphatic carbocycles. The summed E-state index contributed by atoms with van der Waals surface area (Å²) in [7, 11) is 1.67. The second kappa shape index (κ2) is 9.96. The van der Waals surface area contributed by atoms with Crippen molar-refractivity contribution in [3.8, 4) is 0 Å². The van der Waals surface area contributed by atoms with Crippen molar-refractivity contribution < 1.29 is 19.1 Å². The van der Waals surface area contributed by atoms with Gasteiger partial charge in [0, 0.05) is 44.0 Å². The van der Waals surface area contributed by atoms with Crippen LogP contribution in [0.4, 0.5) is 0 Å². The number of carbonyl (C=O) groups is 3. The Bertz CT molecular complexity index is 946. The fraction of sp³-hybridized carbons (Fsp3) is 0.480. The van der Waals surface area contributed by atoms with Crippen LogP contribution in [0.25, 0.3) is 0 Å². The minimum Gasteiger partial charge on any atom is -0.385 e. The number of piperidine rings is 1. The molecule has 2 aliphatic rings. The Labute approximate surface area is 193 Å². The van der Waals surface area contributed by atoms with Crippen LogP contribution in [0.3, 0.4) is 0 Å². The molecule has 3 heterocycles. The van der Waals surface area contributed by atoms with Crippen molar-refractivity contribution >= 4 is 29.1 Å². The van der Waals surface area contributed by atoms with Crippen LogP contribution >= 0.6 is 11.3 Å². The second-order valence-electron chi connectivity index (χ2n) is 8.68. The lowest BCUT2D eigenvalue weighted by Crippen LogP contribution is -2.48. The number of likely N-dealkylation sites (tertiary alicyclic amines) is 2. The Hall–Kier alpha value is -2.51. The van der Waals surface area contributed by atoms with Gasteiger partial charge in [0.15, 0.2) is 0 Å². The highest BCUT2D eigenvalue weighted by molar-refractivity contribution is 7.09. The Morgan fingerprint density at radius 3 is 2.69 bits per heavy atom. The van der Waals surface area contributed by atoms with Crippen LogP contribution in [0.1, 0.15) is 49.0 Å². The van der Waals surface area contributed by atoms with Crippen molar-refractivity contribution in [1.29, 1.82) is 0 Å². The molecule has 0 radical (unpaired) electrons. The smallest absolute Gasteiger partial charge is 0.241 e. The number of carbonyl (C=O) groups excluding carboxylic acids is 3. The highest BCUT2D eigenvalue weighted by Gasteiger charge is 2.54. The molecule has 7 heteroatoms. The Kier molecular flexibility index (Phi) is 7.06. The summed E-state index contributed by atoms with van der Waals surface area (Å²) in [5.41, 5.74) is -0.401. The zero-order chi connectivity index (χ0) is 22.6. The fourth-order valence-electron chi connectivity index (χ4n) is 4.98. The summed E-state index contributed by atoms with van der Waals surface area (Å²) in [4.78, 5) is 44.6. The highest BCUT2D eigenvalue weighted by atomic mass is 32.1. The van der Waals surface area contributed by atoms with Crippen molar-refractivity contribution in [2.24, 2.45) is 0 Å². The number of imide groups is 1.